The first-order chi connectivity index (χ1) is 4.74. The zero-order valence-electron chi connectivity index (χ0n) is 5.60. The van der Waals surface area contributed by atoms with Crippen LogP contribution in [-0.4, -0.2) is 40.4 Å². The van der Waals surface area contributed by atoms with Crippen molar-refractivity contribution in [3.8, 4) is 0 Å². The third kappa shape index (κ3) is 1.67. The van der Waals surface area contributed by atoms with Crippen molar-refractivity contribution in [1.29, 1.82) is 0 Å². The van der Waals surface area contributed by atoms with Crippen LogP contribution in [-0.2, 0) is 4.74 Å². The molecule has 0 radical (unpaired) electrons. The van der Waals surface area contributed by atoms with Gasteiger partial charge in [0, 0.05) is 6.42 Å². The second-order valence-electron chi connectivity index (χ2n) is 2.46. The molecule has 0 saturated carbocycles. The molecule has 1 heterocycles. The molecule has 10 heavy (non-hydrogen) atoms. The Morgan fingerprint density at radius 1 is 1.30 bits per heavy atom. The lowest BCUT2D eigenvalue weighted by Crippen LogP contribution is -2.40. The van der Waals surface area contributed by atoms with E-state index in [1.807, 2.05) is 0 Å². The Morgan fingerprint density at radius 3 is 2.50 bits per heavy atom. The highest BCUT2D eigenvalue weighted by Gasteiger charge is 2.27. The summed E-state index contributed by atoms with van der Waals surface area (Å²) in [6.07, 6.45) is -1.12. The molecule has 1 aliphatic heterocycles. The number of hydrogen-bond acceptors (Lipinski definition) is 4. The van der Waals surface area contributed by atoms with Crippen molar-refractivity contribution in [3.63, 3.8) is 0 Å². The van der Waals surface area contributed by atoms with Crippen LogP contribution in [0.25, 0.3) is 0 Å². The lowest BCUT2D eigenvalue weighted by Gasteiger charge is -2.29. The van der Waals surface area contributed by atoms with Gasteiger partial charge in [-0.2, -0.15) is 0 Å². The first-order valence-electron chi connectivity index (χ1n) is 3.36. The van der Waals surface area contributed by atoms with E-state index in [1.165, 1.54) is 0 Å². The molecule has 1 aliphatic rings. The average Bonchev–Trinajstić information content (AvgIpc) is 1.94. The summed E-state index contributed by atoms with van der Waals surface area (Å²) in [5.41, 5.74) is 0. The van der Waals surface area contributed by atoms with Gasteiger partial charge in [0.05, 0.1) is 12.7 Å². The minimum atomic E-state index is -0.819. The van der Waals surface area contributed by atoms with Crippen LogP contribution >= 0.6 is 0 Å². The van der Waals surface area contributed by atoms with Crippen molar-refractivity contribution in [2.45, 2.75) is 31.3 Å². The van der Waals surface area contributed by atoms with Gasteiger partial charge in [-0.25, -0.2) is 0 Å². The Morgan fingerprint density at radius 2 is 2.00 bits per heavy atom. The molecule has 0 aliphatic carbocycles. The zero-order chi connectivity index (χ0) is 7.56. The quantitative estimate of drug-likeness (QED) is 0.438. The van der Waals surface area contributed by atoms with Crippen molar-refractivity contribution in [2.75, 3.05) is 6.61 Å². The molecule has 0 amide bonds. The molecule has 3 unspecified atom stereocenters. The number of ether oxygens (including phenoxy) is 1. The SMILES string of the molecule is OCC1OC(O)CCC1O. The molecule has 1 rings (SSSR count). The van der Waals surface area contributed by atoms with E-state index in [9.17, 15) is 0 Å². The zero-order valence-corrected chi connectivity index (χ0v) is 5.60. The molecule has 0 aromatic carbocycles. The molecule has 1 saturated heterocycles. The summed E-state index contributed by atoms with van der Waals surface area (Å²) in [6.45, 7) is -0.238. The van der Waals surface area contributed by atoms with Crippen LogP contribution in [0.5, 0.6) is 0 Å². The van der Waals surface area contributed by atoms with Crippen molar-refractivity contribution in [2.24, 2.45) is 0 Å². The van der Waals surface area contributed by atoms with E-state index in [1.54, 1.807) is 0 Å². The minimum absolute atomic E-state index is 0.238. The van der Waals surface area contributed by atoms with Crippen LogP contribution in [0.4, 0.5) is 0 Å². The third-order valence-corrected chi connectivity index (χ3v) is 1.65. The summed E-state index contributed by atoms with van der Waals surface area (Å²) >= 11 is 0. The summed E-state index contributed by atoms with van der Waals surface area (Å²) in [5, 5.41) is 26.6. The normalized spacial score (nSPS) is 41.7. The van der Waals surface area contributed by atoms with Crippen molar-refractivity contribution >= 4 is 0 Å². The Bertz CT molecular complexity index is 106. The van der Waals surface area contributed by atoms with Gasteiger partial charge in [0.25, 0.3) is 0 Å². The highest BCUT2D eigenvalue weighted by molar-refractivity contribution is 4.73. The molecule has 0 spiro atoms. The van der Waals surface area contributed by atoms with Crippen molar-refractivity contribution < 1.29 is 20.1 Å². The van der Waals surface area contributed by atoms with E-state index >= 15 is 0 Å². The maximum Gasteiger partial charge on any atom is 0.155 e. The van der Waals surface area contributed by atoms with Crippen LogP contribution in [0.2, 0.25) is 0 Å². The average molecular weight is 148 g/mol. The second-order valence-corrected chi connectivity index (χ2v) is 2.46. The van der Waals surface area contributed by atoms with Gasteiger partial charge in [-0.15, -0.1) is 0 Å². The lowest BCUT2D eigenvalue weighted by molar-refractivity contribution is -0.207. The molecule has 1 fully saturated rings. The molecule has 3 N–H and O–H groups in total. The van der Waals surface area contributed by atoms with Gasteiger partial charge < -0.3 is 20.1 Å². The Balaban J connectivity index is 2.38. The molecule has 3 atom stereocenters. The van der Waals surface area contributed by atoms with Gasteiger partial charge in [-0.1, -0.05) is 0 Å². The smallest absolute Gasteiger partial charge is 0.155 e. The monoisotopic (exact) mass is 148 g/mol. The summed E-state index contributed by atoms with van der Waals surface area (Å²) in [5.74, 6) is 0. The van der Waals surface area contributed by atoms with E-state index in [0.717, 1.165) is 0 Å². The summed E-state index contributed by atoms with van der Waals surface area (Å²) < 4.78 is 4.80. The van der Waals surface area contributed by atoms with Crippen LogP contribution < -0.4 is 0 Å². The fraction of sp³-hybridized carbons (Fsp3) is 1.00. The Labute approximate surface area is 59.1 Å². The van der Waals surface area contributed by atoms with E-state index in [2.05, 4.69) is 0 Å². The van der Waals surface area contributed by atoms with Crippen LogP contribution in [0.3, 0.4) is 0 Å². The summed E-state index contributed by atoms with van der Waals surface area (Å²) in [4.78, 5) is 0. The molecular weight excluding hydrogens is 136 g/mol. The number of rotatable bonds is 1. The molecule has 4 heteroatoms. The lowest BCUT2D eigenvalue weighted by atomic mass is 10.1. The summed E-state index contributed by atoms with van der Waals surface area (Å²) in [6, 6.07) is 0. The predicted octanol–water partition coefficient (Wildman–Crippen LogP) is -1.16. The number of aliphatic hydroxyl groups excluding tert-OH is 3. The van der Waals surface area contributed by atoms with Gasteiger partial charge in [0.1, 0.15) is 6.10 Å². The molecule has 4 nitrogen and oxygen atoms in total. The highest BCUT2D eigenvalue weighted by Crippen LogP contribution is 2.17. The fourth-order valence-corrected chi connectivity index (χ4v) is 1.02. The molecule has 60 valence electrons. The Hall–Kier alpha value is -0.160. The van der Waals surface area contributed by atoms with Crippen LogP contribution in [0.15, 0.2) is 0 Å². The Kier molecular flexibility index (Phi) is 2.62. The molecule has 0 bridgehead atoms. The van der Waals surface area contributed by atoms with Gasteiger partial charge >= 0.3 is 0 Å². The van der Waals surface area contributed by atoms with Crippen LogP contribution in [0, 0.1) is 0 Å². The largest absolute Gasteiger partial charge is 0.394 e. The highest BCUT2D eigenvalue weighted by atomic mass is 16.6. The second kappa shape index (κ2) is 3.30. The summed E-state index contributed by atoms with van der Waals surface area (Å²) in [7, 11) is 0. The maximum absolute atomic E-state index is 9.09. The van der Waals surface area contributed by atoms with Gasteiger partial charge in [0.15, 0.2) is 6.29 Å². The van der Waals surface area contributed by atoms with Gasteiger partial charge in [-0.05, 0) is 6.42 Å². The maximum atomic E-state index is 9.09. The standard InChI is InChI=1S/C6H12O4/c7-3-5-4(8)1-2-6(9)10-5/h4-9H,1-3H2. The van der Waals surface area contributed by atoms with Gasteiger partial charge in [-0.3, -0.25) is 0 Å². The fourth-order valence-electron chi connectivity index (χ4n) is 1.02. The number of aliphatic hydroxyl groups is 3. The minimum Gasteiger partial charge on any atom is -0.394 e. The van der Waals surface area contributed by atoms with E-state index in [-0.39, 0.29) is 6.61 Å². The van der Waals surface area contributed by atoms with Crippen molar-refractivity contribution in [3.05, 3.63) is 0 Å². The predicted molar refractivity (Wildman–Crippen MR) is 33.2 cm³/mol. The van der Waals surface area contributed by atoms with Gasteiger partial charge in [0.2, 0.25) is 0 Å². The topological polar surface area (TPSA) is 69.9 Å². The molecular formula is C6H12O4. The van der Waals surface area contributed by atoms with Crippen molar-refractivity contribution in [1.82, 2.24) is 0 Å². The third-order valence-electron chi connectivity index (χ3n) is 1.65. The molecule has 0 aromatic heterocycles. The number of hydrogen-bond donors (Lipinski definition) is 3. The van der Waals surface area contributed by atoms with E-state index in [4.69, 9.17) is 20.1 Å². The van der Waals surface area contributed by atoms with E-state index in [0.29, 0.717) is 12.8 Å². The van der Waals surface area contributed by atoms with E-state index < -0.39 is 18.5 Å². The first-order valence-corrected chi connectivity index (χ1v) is 3.36. The van der Waals surface area contributed by atoms with Crippen LogP contribution in [0.1, 0.15) is 12.8 Å². The first kappa shape index (κ1) is 7.94. The molecule has 0 aromatic rings.